The summed E-state index contributed by atoms with van der Waals surface area (Å²) in [6.07, 6.45) is -6.77. The monoisotopic (exact) mass is 348 g/mol. The molecule has 0 saturated carbocycles. The molecule has 0 bridgehead atoms. The number of halogens is 3. The van der Waals surface area contributed by atoms with Crippen LogP contribution in [0.4, 0.5) is 13.2 Å². The van der Waals surface area contributed by atoms with Crippen LogP contribution in [0.5, 0.6) is 5.75 Å². The molecule has 0 aliphatic heterocycles. The van der Waals surface area contributed by atoms with Crippen molar-refractivity contribution in [1.82, 2.24) is 0 Å². The van der Waals surface area contributed by atoms with Crippen LogP contribution in [0.3, 0.4) is 0 Å². The normalized spacial score (nSPS) is 12.8. The van der Waals surface area contributed by atoms with Crippen LogP contribution in [0.2, 0.25) is 0 Å². The molecule has 2 rings (SSSR count). The molecule has 0 saturated heterocycles. The zero-order valence-corrected chi connectivity index (χ0v) is 12.6. The first-order valence-electron chi connectivity index (χ1n) is 6.85. The average molecular weight is 348 g/mol. The Morgan fingerprint density at radius 1 is 1.25 bits per heavy atom. The summed E-state index contributed by atoms with van der Waals surface area (Å²) in [7, 11) is 1.35. The molecule has 0 fully saturated rings. The molecule has 2 aromatic rings. The molecule has 0 amide bonds. The number of alkyl halides is 3. The van der Waals surface area contributed by atoms with Crippen molar-refractivity contribution in [3.05, 3.63) is 39.7 Å². The minimum absolute atomic E-state index is 0.0250. The summed E-state index contributed by atoms with van der Waals surface area (Å²) < 4.78 is 48.2. The topological polar surface area (TPSA) is 100 Å². The van der Waals surface area contributed by atoms with E-state index in [0.29, 0.717) is 0 Å². The van der Waals surface area contributed by atoms with Gasteiger partial charge in [0, 0.05) is 25.2 Å². The Morgan fingerprint density at radius 2 is 1.92 bits per heavy atom. The maximum atomic E-state index is 12.7. The Morgan fingerprint density at radius 3 is 2.50 bits per heavy atom. The molecule has 0 radical (unpaired) electrons. The molecule has 3 N–H and O–H groups in total. The molecule has 132 valence electrons. The van der Waals surface area contributed by atoms with Gasteiger partial charge < -0.3 is 24.5 Å². The van der Waals surface area contributed by atoms with Crippen LogP contribution in [-0.2, 0) is 17.6 Å². The van der Waals surface area contributed by atoms with E-state index in [1.54, 1.807) is 0 Å². The van der Waals surface area contributed by atoms with Crippen LogP contribution in [0, 0.1) is 0 Å². The van der Waals surface area contributed by atoms with E-state index in [1.165, 1.54) is 19.2 Å². The molecule has 1 aromatic carbocycles. The third-order valence-electron chi connectivity index (χ3n) is 3.47. The SMILES string of the molecule is COCCc1c(CC(O)(O)C(F)(F)F)oc2cc(O)ccc2c1=O. The van der Waals surface area contributed by atoms with Gasteiger partial charge in [0.05, 0.1) is 18.4 Å². The lowest BCUT2D eigenvalue weighted by Crippen LogP contribution is -2.47. The minimum atomic E-state index is -5.34. The van der Waals surface area contributed by atoms with Crippen molar-refractivity contribution in [1.29, 1.82) is 0 Å². The summed E-state index contributed by atoms with van der Waals surface area (Å²) in [5.74, 6) is -4.84. The van der Waals surface area contributed by atoms with Gasteiger partial charge >= 0.3 is 6.18 Å². The first-order chi connectivity index (χ1) is 11.1. The number of phenolic OH excluding ortho intramolecular Hbond substituents is 1. The third-order valence-corrected chi connectivity index (χ3v) is 3.47. The van der Waals surface area contributed by atoms with Crippen molar-refractivity contribution in [2.45, 2.75) is 24.8 Å². The van der Waals surface area contributed by atoms with Crippen molar-refractivity contribution in [2.24, 2.45) is 0 Å². The van der Waals surface area contributed by atoms with E-state index in [2.05, 4.69) is 0 Å². The standard InChI is InChI=1S/C15H15F3O6/c1-23-5-4-10-12(7-14(21,22)15(16,17)18)24-11-6-8(19)2-3-9(11)13(10)20/h2-3,6,19,21-22H,4-5,7H2,1H3. The first-order valence-corrected chi connectivity index (χ1v) is 6.85. The van der Waals surface area contributed by atoms with Crippen LogP contribution in [-0.4, -0.2) is 41.0 Å². The fourth-order valence-electron chi connectivity index (χ4n) is 2.19. The Hall–Kier alpha value is -2.10. The molecule has 0 aliphatic carbocycles. The lowest BCUT2D eigenvalue weighted by molar-refractivity contribution is -0.348. The predicted octanol–water partition coefficient (Wildman–Crippen LogP) is 1.47. The van der Waals surface area contributed by atoms with Crippen molar-refractivity contribution >= 4 is 11.0 Å². The van der Waals surface area contributed by atoms with E-state index in [9.17, 15) is 33.3 Å². The van der Waals surface area contributed by atoms with E-state index >= 15 is 0 Å². The number of hydrogen-bond donors (Lipinski definition) is 3. The fourth-order valence-corrected chi connectivity index (χ4v) is 2.19. The lowest BCUT2D eigenvalue weighted by Gasteiger charge is -2.24. The number of hydrogen-bond acceptors (Lipinski definition) is 6. The number of ether oxygens (including phenoxy) is 1. The summed E-state index contributed by atoms with van der Waals surface area (Å²) in [6, 6.07) is 3.56. The van der Waals surface area contributed by atoms with Gasteiger partial charge in [0.2, 0.25) is 0 Å². The number of benzene rings is 1. The first kappa shape index (κ1) is 18.2. The maximum absolute atomic E-state index is 12.7. The van der Waals surface area contributed by atoms with Crippen molar-refractivity contribution in [2.75, 3.05) is 13.7 Å². The number of rotatable bonds is 5. The van der Waals surface area contributed by atoms with Crippen molar-refractivity contribution in [3.63, 3.8) is 0 Å². The zero-order valence-electron chi connectivity index (χ0n) is 12.6. The van der Waals surface area contributed by atoms with Gasteiger partial charge in [0.1, 0.15) is 17.1 Å². The Labute approximate surface area is 133 Å². The summed E-state index contributed by atoms with van der Waals surface area (Å²) in [4.78, 5) is 12.5. The van der Waals surface area contributed by atoms with Gasteiger partial charge in [0.15, 0.2) is 5.43 Å². The summed E-state index contributed by atoms with van der Waals surface area (Å²) in [5, 5.41) is 28.0. The zero-order chi connectivity index (χ0) is 18.1. The second kappa shape index (κ2) is 6.42. The Bertz CT molecular complexity index is 794. The van der Waals surface area contributed by atoms with Crippen LogP contribution in [0.1, 0.15) is 11.3 Å². The predicted molar refractivity (Wildman–Crippen MR) is 76.7 cm³/mol. The van der Waals surface area contributed by atoms with Crippen LogP contribution in [0.15, 0.2) is 27.4 Å². The largest absolute Gasteiger partial charge is 0.508 e. The number of methoxy groups -OCH3 is 1. The fraction of sp³-hybridized carbons (Fsp3) is 0.400. The van der Waals surface area contributed by atoms with E-state index in [4.69, 9.17) is 9.15 Å². The quantitative estimate of drug-likeness (QED) is 0.708. The van der Waals surface area contributed by atoms with Gasteiger partial charge in [-0.3, -0.25) is 4.79 Å². The highest BCUT2D eigenvalue weighted by molar-refractivity contribution is 5.78. The van der Waals surface area contributed by atoms with Crippen LogP contribution >= 0.6 is 0 Å². The second-order valence-corrected chi connectivity index (χ2v) is 5.25. The highest BCUT2D eigenvalue weighted by Gasteiger charge is 2.53. The molecule has 9 heteroatoms. The Kier molecular flexibility index (Phi) is 4.88. The van der Waals surface area contributed by atoms with E-state index < -0.39 is 29.6 Å². The van der Waals surface area contributed by atoms with E-state index in [-0.39, 0.29) is 35.3 Å². The molecule has 0 aliphatic rings. The van der Waals surface area contributed by atoms with Gasteiger partial charge in [-0.25, -0.2) is 0 Å². The number of aromatic hydroxyl groups is 1. The second-order valence-electron chi connectivity index (χ2n) is 5.25. The molecule has 0 spiro atoms. The molecule has 24 heavy (non-hydrogen) atoms. The molecule has 1 aromatic heterocycles. The summed E-state index contributed by atoms with van der Waals surface area (Å²) in [5.41, 5.74) is -0.929. The molecule has 0 unspecified atom stereocenters. The Balaban J connectivity index is 2.63. The van der Waals surface area contributed by atoms with Gasteiger partial charge in [-0.05, 0) is 12.1 Å². The third kappa shape index (κ3) is 3.53. The van der Waals surface area contributed by atoms with Crippen LogP contribution in [0.25, 0.3) is 11.0 Å². The highest BCUT2D eigenvalue weighted by Crippen LogP contribution is 2.32. The minimum Gasteiger partial charge on any atom is -0.508 e. The molecular formula is C15H15F3O6. The number of phenols is 1. The van der Waals surface area contributed by atoms with Crippen LogP contribution < -0.4 is 5.43 Å². The smallest absolute Gasteiger partial charge is 0.443 e. The van der Waals surface area contributed by atoms with Gasteiger partial charge in [-0.15, -0.1) is 0 Å². The molecule has 6 nitrogen and oxygen atoms in total. The molecule has 1 heterocycles. The summed E-state index contributed by atoms with van der Waals surface area (Å²) in [6.45, 7) is 0.0250. The van der Waals surface area contributed by atoms with Gasteiger partial charge in [0.25, 0.3) is 5.79 Å². The van der Waals surface area contributed by atoms with Gasteiger partial charge in [-0.1, -0.05) is 0 Å². The van der Waals surface area contributed by atoms with E-state index in [0.717, 1.165) is 6.07 Å². The maximum Gasteiger partial charge on any atom is 0.443 e. The lowest BCUT2D eigenvalue weighted by atomic mass is 10.0. The van der Waals surface area contributed by atoms with Crippen molar-refractivity contribution < 1.29 is 37.6 Å². The summed E-state index contributed by atoms with van der Waals surface area (Å²) >= 11 is 0. The molecule has 0 atom stereocenters. The van der Waals surface area contributed by atoms with E-state index in [1.807, 2.05) is 0 Å². The van der Waals surface area contributed by atoms with Crippen molar-refractivity contribution in [3.8, 4) is 5.75 Å². The number of aliphatic hydroxyl groups is 2. The molecular weight excluding hydrogens is 333 g/mol. The highest BCUT2D eigenvalue weighted by atomic mass is 19.4. The number of fused-ring (bicyclic) bond motifs is 1. The van der Waals surface area contributed by atoms with Gasteiger partial charge in [-0.2, -0.15) is 13.2 Å². The average Bonchev–Trinajstić information content (AvgIpc) is 2.45.